The molecule has 0 aliphatic rings. The summed E-state index contributed by atoms with van der Waals surface area (Å²) in [5.74, 6) is 0.200. The van der Waals surface area contributed by atoms with E-state index in [4.69, 9.17) is 9.88 Å². The number of rotatable bonds is 9. The lowest BCUT2D eigenvalue weighted by atomic mass is 10.1. The highest BCUT2D eigenvalue weighted by Crippen LogP contribution is 2.27. The van der Waals surface area contributed by atoms with Gasteiger partial charge in [-0.05, 0) is 59.7 Å². The van der Waals surface area contributed by atoms with Crippen molar-refractivity contribution in [1.29, 1.82) is 0 Å². The number of hydrazone groups is 1. The number of hydrogen-bond donors (Lipinski definition) is 2. The third kappa shape index (κ3) is 6.37. The van der Waals surface area contributed by atoms with Gasteiger partial charge in [0.1, 0.15) is 18.0 Å². The minimum atomic E-state index is -4.07. The fourth-order valence-corrected chi connectivity index (χ4v) is 3.32. The van der Waals surface area contributed by atoms with Crippen LogP contribution in [0.4, 0.5) is 11.4 Å². The number of hydrogen-bond acceptors (Lipinski definition) is 9. The summed E-state index contributed by atoms with van der Waals surface area (Å²) in [6.45, 7) is 0.300. The number of ether oxygens (including phenoxy) is 2. The summed E-state index contributed by atoms with van der Waals surface area (Å²) >= 11 is 0. The Balaban J connectivity index is 1.60. The lowest BCUT2D eigenvalue weighted by Gasteiger charge is -2.07. The van der Waals surface area contributed by atoms with Gasteiger partial charge in [-0.25, -0.2) is 18.4 Å². The van der Waals surface area contributed by atoms with E-state index >= 15 is 0 Å². The Kier molecular flexibility index (Phi) is 7.56. The van der Waals surface area contributed by atoms with Crippen molar-refractivity contribution in [3.8, 4) is 5.75 Å². The topological polar surface area (TPSA) is 163 Å². The van der Waals surface area contributed by atoms with Gasteiger partial charge in [0, 0.05) is 6.07 Å². The van der Waals surface area contributed by atoms with Crippen molar-refractivity contribution in [3.63, 3.8) is 0 Å². The fourth-order valence-electron chi connectivity index (χ4n) is 2.78. The second kappa shape index (κ2) is 10.6. The molecule has 0 radical (unpaired) electrons. The first kappa shape index (κ1) is 24.4. The lowest BCUT2D eigenvalue weighted by molar-refractivity contribution is -0.384. The molecule has 34 heavy (non-hydrogen) atoms. The molecule has 3 N–H and O–H groups in total. The maximum atomic E-state index is 11.5. The Morgan fingerprint density at radius 1 is 1.12 bits per heavy atom. The van der Waals surface area contributed by atoms with Crippen LogP contribution in [0.5, 0.6) is 5.75 Å². The van der Waals surface area contributed by atoms with Crippen molar-refractivity contribution in [2.45, 2.75) is 11.5 Å². The molecule has 0 saturated carbocycles. The van der Waals surface area contributed by atoms with Crippen LogP contribution in [0.2, 0.25) is 0 Å². The first-order valence-corrected chi connectivity index (χ1v) is 11.2. The van der Waals surface area contributed by atoms with Crippen LogP contribution in [0.3, 0.4) is 0 Å². The molecule has 0 spiro atoms. The van der Waals surface area contributed by atoms with Crippen LogP contribution in [0.15, 0.2) is 76.7 Å². The molecular weight excluding hydrogens is 464 g/mol. The minimum absolute atomic E-state index is 0.00632. The maximum Gasteiger partial charge on any atom is 0.337 e. The summed E-state index contributed by atoms with van der Waals surface area (Å²) in [7, 11) is -2.75. The first-order valence-electron chi connectivity index (χ1n) is 9.68. The van der Waals surface area contributed by atoms with Crippen molar-refractivity contribution in [2.24, 2.45) is 10.2 Å². The van der Waals surface area contributed by atoms with Crippen LogP contribution in [0.1, 0.15) is 21.5 Å². The number of methoxy groups -OCH3 is 1. The van der Waals surface area contributed by atoms with Gasteiger partial charge in [-0.3, -0.25) is 15.5 Å². The average Bonchev–Trinajstić information content (AvgIpc) is 2.82. The number of nitro groups is 1. The summed E-state index contributed by atoms with van der Waals surface area (Å²) < 4.78 is 33.2. The summed E-state index contributed by atoms with van der Waals surface area (Å²) in [6.07, 6.45) is 1.44. The Hall–Kier alpha value is -4.29. The van der Waals surface area contributed by atoms with Gasteiger partial charge in [0.25, 0.3) is 5.69 Å². The molecule has 0 heterocycles. The van der Waals surface area contributed by atoms with Gasteiger partial charge in [-0.2, -0.15) is 5.10 Å². The molecule has 0 aromatic heterocycles. The summed E-state index contributed by atoms with van der Waals surface area (Å²) in [5.41, 5.74) is 4.07. The third-order valence-electron chi connectivity index (χ3n) is 4.55. The van der Waals surface area contributed by atoms with Crippen molar-refractivity contribution >= 4 is 33.6 Å². The molecule has 3 rings (SSSR count). The molecule has 0 fully saturated rings. The van der Waals surface area contributed by atoms with E-state index in [9.17, 15) is 23.3 Å². The average molecular weight is 484 g/mol. The molecule has 3 aromatic carbocycles. The molecule has 0 bridgehead atoms. The highest BCUT2D eigenvalue weighted by Gasteiger charge is 2.18. The minimum Gasteiger partial charge on any atom is -0.489 e. The predicted octanol–water partition coefficient (Wildman–Crippen LogP) is 3.05. The Morgan fingerprint density at radius 3 is 2.38 bits per heavy atom. The predicted molar refractivity (Wildman–Crippen MR) is 124 cm³/mol. The molecule has 12 heteroatoms. The van der Waals surface area contributed by atoms with E-state index in [1.165, 1.54) is 19.4 Å². The molecular formula is C22H20N4O7S. The number of nitrogens with two attached hydrogens (primary N) is 1. The fraction of sp³-hybridized carbons (Fsp3) is 0.0909. The number of nitrogens with zero attached hydrogens (tertiary/aromatic N) is 2. The van der Waals surface area contributed by atoms with Crippen molar-refractivity contribution in [1.82, 2.24) is 0 Å². The van der Waals surface area contributed by atoms with Crippen molar-refractivity contribution in [2.75, 3.05) is 12.5 Å². The van der Waals surface area contributed by atoms with Crippen LogP contribution in [-0.4, -0.2) is 32.6 Å². The summed E-state index contributed by atoms with van der Waals surface area (Å²) in [6, 6.07) is 17.0. The van der Waals surface area contributed by atoms with E-state index in [2.05, 4.69) is 15.3 Å². The number of esters is 1. The molecule has 0 unspecified atom stereocenters. The van der Waals surface area contributed by atoms with Gasteiger partial charge in [0.15, 0.2) is 0 Å². The second-order valence-corrected chi connectivity index (χ2v) is 8.46. The third-order valence-corrected chi connectivity index (χ3v) is 5.46. The van der Waals surface area contributed by atoms with Crippen LogP contribution in [0, 0.1) is 10.1 Å². The van der Waals surface area contributed by atoms with E-state index in [0.29, 0.717) is 23.5 Å². The molecule has 0 aliphatic carbocycles. The molecule has 11 nitrogen and oxygen atoms in total. The number of anilines is 1. The van der Waals surface area contributed by atoms with E-state index in [0.717, 1.165) is 17.7 Å². The zero-order valence-electron chi connectivity index (χ0n) is 17.9. The number of nitrogens with one attached hydrogen (secondary N) is 1. The number of primary sulfonamides is 1. The van der Waals surface area contributed by atoms with E-state index in [1.54, 1.807) is 48.5 Å². The molecule has 0 amide bonds. The molecule has 0 atom stereocenters. The summed E-state index contributed by atoms with van der Waals surface area (Å²) in [5, 5.41) is 20.2. The van der Waals surface area contributed by atoms with Gasteiger partial charge >= 0.3 is 5.97 Å². The molecule has 0 aliphatic heterocycles. The first-order chi connectivity index (χ1) is 16.2. The highest BCUT2D eigenvalue weighted by atomic mass is 32.2. The number of carbonyl (C=O) groups excluding carboxylic acids is 1. The van der Waals surface area contributed by atoms with Gasteiger partial charge in [-0.1, -0.05) is 12.1 Å². The Labute approximate surface area is 195 Å². The normalized spacial score (nSPS) is 11.2. The number of carbonyl (C=O) groups is 1. The second-order valence-electron chi connectivity index (χ2n) is 6.90. The van der Waals surface area contributed by atoms with Crippen molar-refractivity contribution in [3.05, 3.63) is 93.5 Å². The Bertz CT molecular complexity index is 1320. The van der Waals surface area contributed by atoms with E-state index < -0.39 is 26.6 Å². The van der Waals surface area contributed by atoms with Gasteiger partial charge in [-0.15, -0.1) is 0 Å². The lowest BCUT2D eigenvalue weighted by Crippen LogP contribution is -2.12. The zero-order chi connectivity index (χ0) is 24.7. The van der Waals surface area contributed by atoms with Crippen molar-refractivity contribution < 1.29 is 27.6 Å². The van der Waals surface area contributed by atoms with Crippen LogP contribution in [0.25, 0.3) is 0 Å². The zero-order valence-corrected chi connectivity index (χ0v) is 18.7. The van der Waals surface area contributed by atoms with Gasteiger partial charge in [0.05, 0.1) is 28.7 Å². The van der Waals surface area contributed by atoms with Crippen LogP contribution < -0.4 is 15.3 Å². The van der Waals surface area contributed by atoms with Crippen LogP contribution >= 0.6 is 0 Å². The van der Waals surface area contributed by atoms with Gasteiger partial charge in [0.2, 0.25) is 10.0 Å². The largest absolute Gasteiger partial charge is 0.489 e. The highest BCUT2D eigenvalue weighted by molar-refractivity contribution is 7.89. The standard InChI is InChI=1S/C22H20N4O7S/c1-32-22(27)17-6-2-16(3-7-17)14-33-18-8-4-15(5-9-18)13-24-25-20-11-10-19(34(23,30)31)12-21(20)26(28)29/h2-13,25H,14H2,1H3,(H2,23,30,31). The number of nitro benzene ring substituents is 1. The maximum absolute atomic E-state index is 11.5. The van der Waals surface area contributed by atoms with E-state index in [-0.39, 0.29) is 10.6 Å². The van der Waals surface area contributed by atoms with Gasteiger partial charge < -0.3 is 9.47 Å². The quantitative estimate of drug-likeness (QED) is 0.202. The Morgan fingerprint density at radius 2 is 1.79 bits per heavy atom. The van der Waals surface area contributed by atoms with Crippen LogP contribution in [-0.2, 0) is 21.4 Å². The SMILES string of the molecule is COC(=O)c1ccc(COc2ccc(C=NNc3ccc(S(N)(=O)=O)cc3[N+](=O)[O-])cc2)cc1. The van der Waals surface area contributed by atoms with E-state index in [1.807, 2.05) is 0 Å². The summed E-state index contributed by atoms with van der Waals surface area (Å²) in [4.78, 5) is 21.6. The number of benzene rings is 3. The molecule has 3 aromatic rings. The monoisotopic (exact) mass is 484 g/mol. The smallest absolute Gasteiger partial charge is 0.337 e. The molecule has 176 valence electrons. The number of sulfonamides is 1. The molecule has 0 saturated heterocycles.